The summed E-state index contributed by atoms with van der Waals surface area (Å²) in [4.78, 5) is 14.3. The van der Waals surface area contributed by atoms with Gasteiger partial charge in [0.15, 0.2) is 5.96 Å². The van der Waals surface area contributed by atoms with Crippen molar-refractivity contribution in [3.63, 3.8) is 0 Å². The number of urea groups is 1. The number of aliphatic imine (C=N–C) groups is 1. The molecule has 0 aliphatic rings. The van der Waals surface area contributed by atoms with Crippen LogP contribution in [-0.2, 0) is 10.0 Å². The Morgan fingerprint density at radius 1 is 1.17 bits per heavy atom. The zero-order valence-corrected chi connectivity index (χ0v) is 10.7. The summed E-state index contributed by atoms with van der Waals surface area (Å²) in [5.41, 5.74) is 10.3. The van der Waals surface area contributed by atoms with Gasteiger partial charge in [-0.3, -0.25) is 0 Å². The molecule has 0 atom stereocenters. The Labute approximate surface area is 110 Å². The van der Waals surface area contributed by atoms with E-state index in [-0.39, 0.29) is 23.3 Å². The lowest BCUT2D eigenvalue weighted by molar-refractivity contribution is 0.259. The van der Waals surface area contributed by atoms with Crippen molar-refractivity contribution in [2.75, 3.05) is 5.32 Å². The van der Waals surface area contributed by atoms with E-state index >= 15 is 0 Å². The van der Waals surface area contributed by atoms with Crippen LogP contribution >= 0.6 is 12.4 Å². The molecular formula is C8H12ClN5O3S. The van der Waals surface area contributed by atoms with Crippen LogP contribution in [-0.4, -0.2) is 20.4 Å². The first-order valence-corrected chi connectivity index (χ1v) is 5.87. The second-order valence-corrected chi connectivity index (χ2v) is 4.60. The van der Waals surface area contributed by atoms with Gasteiger partial charge in [-0.05, 0) is 24.3 Å². The van der Waals surface area contributed by atoms with E-state index in [0.717, 1.165) is 0 Å². The van der Waals surface area contributed by atoms with Gasteiger partial charge < -0.3 is 16.8 Å². The second kappa shape index (κ2) is 6.19. The Morgan fingerprint density at radius 3 is 2.06 bits per heavy atom. The summed E-state index contributed by atoms with van der Waals surface area (Å²) in [6.45, 7) is 0. The summed E-state index contributed by atoms with van der Waals surface area (Å²) in [5.74, 6) is -0.372. The Morgan fingerprint density at radius 2 is 1.67 bits per heavy atom. The number of carbonyl (C=O) groups is 1. The molecule has 1 aromatic rings. The molecule has 0 unspecified atom stereocenters. The zero-order valence-electron chi connectivity index (χ0n) is 9.03. The van der Waals surface area contributed by atoms with Gasteiger partial charge in [-0.1, -0.05) is 0 Å². The van der Waals surface area contributed by atoms with Gasteiger partial charge in [-0.25, -0.2) is 18.4 Å². The third kappa shape index (κ3) is 4.99. The molecule has 0 heterocycles. The van der Waals surface area contributed by atoms with Crippen molar-refractivity contribution >= 4 is 40.1 Å². The quantitative estimate of drug-likeness (QED) is 0.430. The summed E-state index contributed by atoms with van der Waals surface area (Å²) in [7, 11) is -3.75. The van der Waals surface area contributed by atoms with Crippen LogP contribution in [0.5, 0.6) is 0 Å². The fourth-order valence-electron chi connectivity index (χ4n) is 0.997. The number of sulfonamides is 1. The van der Waals surface area contributed by atoms with Gasteiger partial charge in [0.05, 0.1) is 4.90 Å². The second-order valence-electron chi connectivity index (χ2n) is 3.04. The normalized spacial score (nSPS) is 10.1. The summed E-state index contributed by atoms with van der Waals surface area (Å²) in [5, 5.41) is 7.23. The van der Waals surface area contributed by atoms with Gasteiger partial charge in [-0.2, -0.15) is 4.99 Å². The Bertz CT molecular complexity index is 551. The van der Waals surface area contributed by atoms with E-state index in [9.17, 15) is 13.2 Å². The van der Waals surface area contributed by atoms with Crippen molar-refractivity contribution in [3.05, 3.63) is 24.3 Å². The average Bonchev–Trinajstić information content (AvgIpc) is 2.15. The minimum Gasteiger partial charge on any atom is -0.370 e. The third-order valence-electron chi connectivity index (χ3n) is 1.66. The molecule has 1 rings (SSSR count). The number of hydrogen-bond donors (Lipinski definition) is 4. The minimum absolute atomic E-state index is 0. The summed E-state index contributed by atoms with van der Waals surface area (Å²) in [6, 6.07) is 4.47. The SMILES string of the molecule is Cl.NC(N)=NC(=O)Nc1ccc(S(N)(=O)=O)cc1. The molecule has 0 aliphatic carbocycles. The minimum atomic E-state index is -3.75. The van der Waals surface area contributed by atoms with Crippen LogP contribution in [0.15, 0.2) is 34.2 Å². The number of anilines is 1. The summed E-state index contributed by atoms with van der Waals surface area (Å²) >= 11 is 0. The van der Waals surface area contributed by atoms with Gasteiger partial charge in [0.1, 0.15) is 0 Å². The molecule has 8 nitrogen and oxygen atoms in total. The van der Waals surface area contributed by atoms with Crippen molar-refractivity contribution < 1.29 is 13.2 Å². The maximum absolute atomic E-state index is 11.1. The van der Waals surface area contributed by atoms with Gasteiger partial charge in [0, 0.05) is 5.69 Å². The molecular weight excluding hydrogens is 282 g/mol. The van der Waals surface area contributed by atoms with Gasteiger partial charge in [0.25, 0.3) is 0 Å². The molecule has 0 radical (unpaired) electrons. The molecule has 0 fully saturated rings. The topological polar surface area (TPSA) is 154 Å². The van der Waals surface area contributed by atoms with Crippen molar-refractivity contribution in [2.45, 2.75) is 4.90 Å². The van der Waals surface area contributed by atoms with Crippen molar-refractivity contribution in [1.82, 2.24) is 0 Å². The Kier molecular flexibility index (Phi) is 5.56. The summed E-state index contributed by atoms with van der Waals surface area (Å²) in [6.07, 6.45) is 0. The molecule has 10 heteroatoms. The third-order valence-corrected chi connectivity index (χ3v) is 2.59. The van der Waals surface area contributed by atoms with Crippen LogP contribution in [0, 0.1) is 0 Å². The molecule has 100 valence electrons. The van der Waals surface area contributed by atoms with Gasteiger partial charge in [0.2, 0.25) is 10.0 Å². The molecule has 0 bridgehead atoms. The largest absolute Gasteiger partial charge is 0.370 e. The number of carbonyl (C=O) groups excluding carboxylic acids is 1. The van der Waals surface area contributed by atoms with E-state index in [0.29, 0.717) is 5.69 Å². The number of nitrogens with zero attached hydrogens (tertiary/aromatic N) is 1. The molecule has 0 saturated carbocycles. The van der Waals surface area contributed by atoms with Crippen molar-refractivity contribution in [1.29, 1.82) is 0 Å². The monoisotopic (exact) mass is 293 g/mol. The standard InChI is InChI=1S/C8H11N5O3S.ClH/c9-7(10)13-8(14)12-5-1-3-6(4-2-5)17(11,15)16;/h1-4H,(H2,11,15,16)(H5,9,10,12,13,14);1H. The number of nitrogens with one attached hydrogen (secondary N) is 1. The fourth-order valence-corrected chi connectivity index (χ4v) is 1.51. The van der Waals surface area contributed by atoms with Crippen molar-refractivity contribution in [3.8, 4) is 0 Å². The van der Waals surface area contributed by atoms with E-state index in [4.69, 9.17) is 16.6 Å². The maximum atomic E-state index is 11.1. The number of guanidine groups is 1. The summed E-state index contributed by atoms with van der Waals surface area (Å²) < 4.78 is 21.9. The molecule has 18 heavy (non-hydrogen) atoms. The lowest BCUT2D eigenvalue weighted by atomic mass is 10.3. The van der Waals surface area contributed by atoms with E-state index in [1.165, 1.54) is 24.3 Å². The number of nitrogens with two attached hydrogens (primary N) is 3. The van der Waals surface area contributed by atoms with E-state index in [1.54, 1.807) is 0 Å². The predicted octanol–water partition coefficient (Wildman–Crippen LogP) is -0.439. The van der Waals surface area contributed by atoms with E-state index < -0.39 is 16.1 Å². The van der Waals surface area contributed by atoms with E-state index in [1.807, 2.05) is 0 Å². The van der Waals surface area contributed by atoms with Crippen LogP contribution in [0.1, 0.15) is 0 Å². The first-order chi connectivity index (χ1) is 7.79. The average molecular weight is 294 g/mol. The number of hydrogen-bond acceptors (Lipinski definition) is 3. The fraction of sp³-hybridized carbons (Fsp3) is 0. The van der Waals surface area contributed by atoms with Crippen LogP contribution < -0.4 is 21.9 Å². The predicted molar refractivity (Wildman–Crippen MR) is 69.9 cm³/mol. The highest BCUT2D eigenvalue weighted by Crippen LogP contribution is 2.12. The number of primary sulfonamides is 1. The lowest BCUT2D eigenvalue weighted by Gasteiger charge is -2.02. The highest BCUT2D eigenvalue weighted by atomic mass is 35.5. The van der Waals surface area contributed by atoms with Crippen LogP contribution in [0.25, 0.3) is 0 Å². The van der Waals surface area contributed by atoms with E-state index in [2.05, 4.69) is 10.3 Å². The lowest BCUT2D eigenvalue weighted by Crippen LogP contribution is -2.25. The Balaban J connectivity index is 0.00000289. The maximum Gasteiger partial charge on any atom is 0.348 e. The van der Waals surface area contributed by atoms with Gasteiger partial charge in [-0.15, -0.1) is 12.4 Å². The number of benzene rings is 1. The van der Waals surface area contributed by atoms with Crippen LogP contribution in [0.2, 0.25) is 0 Å². The molecule has 2 amide bonds. The first kappa shape index (κ1) is 16.2. The van der Waals surface area contributed by atoms with Crippen LogP contribution in [0.3, 0.4) is 0 Å². The number of halogens is 1. The number of amides is 2. The molecule has 0 spiro atoms. The molecule has 7 N–H and O–H groups in total. The highest BCUT2D eigenvalue weighted by Gasteiger charge is 2.07. The number of rotatable bonds is 2. The van der Waals surface area contributed by atoms with Crippen LogP contribution in [0.4, 0.5) is 10.5 Å². The molecule has 1 aromatic carbocycles. The molecule has 0 saturated heterocycles. The first-order valence-electron chi connectivity index (χ1n) is 4.32. The molecule has 0 aromatic heterocycles. The van der Waals surface area contributed by atoms with Crippen molar-refractivity contribution in [2.24, 2.45) is 21.6 Å². The van der Waals surface area contributed by atoms with Gasteiger partial charge >= 0.3 is 6.03 Å². The zero-order chi connectivity index (χ0) is 13.1. The molecule has 0 aliphatic heterocycles. The highest BCUT2D eigenvalue weighted by molar-refractivity contribution is 7.89. The smallest absolute Gasteiger partial charge is 0.348 e. The Hall–Kier alpha value is -1.84.